The molecule has 2 N–H and O–H groups in total. The van der Waals surface area contributed by atoms with Crippen molar-refractivity contribution in [3.05, 3.63) is 17.4 Å². The predicted molar refractivity (Wildman–Crippen MR) is 61.1 cm³/mol. The minimum absolute atomic E-state index is 0.571. The Kier molecular flexibility index (Phi) is 1.77. The standard InChI is InChI=1S/C8H7N5S2/c1-4-6(15-12-11-4)5-2-14-8-7(9)10-3-13(5)8/h2-3H,9H2,1H3. The molecule has 0 bridgehead atoms. The van der Waals surface area contributed by atoms with Crippen LogP contribution < -0.4 is 5.73 Å². The Morgan fingerprint density at radius 3 is 3.07 bits per heavy atom. The van der Waals surface area contributed by atoms with Gasteiger partial charge in [-0.25, -0.2) is 4.98 Å². The lowest BCUT2D eigenvalue weighted by Gasteiger charge is -1.93. The third-order valence-corrected chi connectivity index (χ3v) is 4.00. The van der Waals surface area contributed by atoms with Crippen LogP contribution in [0.3, 0.4) is 0 Å². The zero-order valence-corrected chi connectivity index (χ0v) is 9.47. The molecular weight excluding hydrogens is 230 g/mol. The molecule has 3 heterocycles. The number of rotatable bonds is 1. The van der Waals surface area contributed by atoms with Gasteiger partial charge in [0.1, 0.15) is 11.2 Å². The number of anilines is 1. The molecule has 0 aliphatic carbocycles. The van der Waals surface area contributed by atoms with E-state index in [0.29, 0.717) is 5.82 Å². The quantitative estimate of drug-likeness (QED) is 0.700. The maximum Gasteiger partial charge on any atom is 0.160 e. The fraction of sp³-hybridized carbons (Fsp3) is 0.125. The van der Waals surface area contributed by atoms with Crippen molar-refractivity contribution in [1.29, 1.82) is 0 Å². The van der Waals surface area contributed by atoms with Crippen LogP contribution >= 0.6 is 22.9 Å². The maximum atomic E-state index is 5.73. The fourth-order valence-corrected chi connectivity index (χ4v) is 3.07. The Balaban J connectivity index is 2.32. The van der Waals surface area contributed by atoms with Crippen molar-refractivity contribution in [2.45, 2.75) is 6.92 Å². The van der Waals surface area contributed by atoms with Gasteiger partial charge in [-0.15, -0.1) is 16.4 Å². The summed E-state index contributed by atoms with van der Waals surface area (Å²) in [7, 11) is 0. The highest BCUT2D eigenvalue weighted by molar-refractivity contribution is 7.17. The highest BCUT2D eigenvalue weighted by Gasteiger charge is 2.13. The topological polar surface area (TPSA) is 69.1 Å². The molecule has 0 aliphatic heterocycles. The van der Waals surface area contributed by atoms with Crippen molar-refractivity contribution in [3.63, 3.8) is 0 Å². The summed E-state index contributed by atoms with van der Waals surface area (Å²) in [5.74, 6) is 0.571. The summed E-state index contributed by atoms with van der Waals surface area (Å²) in [6, 6.07) is 0. The number of thiazole rings is 1. The minimum atomic E-state index is 0.571. The zero-order chi connectivity index (χ0) is 10.4. The Bertz CT molecular complexity index is 620. The first kappa shape index (κ1) is 8.81. The molecule has 5 nitrogen and oxygen atoms in total. The van der Waals surface area contributed by atoms with Gasteiger partial charge in [0.25, 0.3) is 0 Å². The van der Waals surface area contributed by atoms with Gasteiger partial charge in [-0.3, -0.25) is 4.40 Å². The molecule has 3 rings (SSSR count). The fourth-order valence-electron chi connectivity index (χ4n) is 1.44. The van der Waals surface area contributed by atoms with Crippen molar-refractivity contribution in [3.8, 4) is 10.6 Å². The van der Waals surface area contributed by atoms with Gasteiger partial charge in [-0.2, -0.15) is 0 Å². The van der Waals surface area contributed by atoms with E-state index in [1.165, 1.54) is 11.5 Å². The first-order valence-corrected chi connectivity index (χ1v) is 5.92. The highest BCUT2D eigenvalue weighted by atomic mass is 32.1. The molecule has 0 aliphatic rings. The normalized spacial score (nSPS) is 11.3. The maximum absolute atomic E-state index is 5.73. The Morgan fingerprint density at radius 2 is 2.33 bits per heavy atom. The minimum Gasteiger partial charge on any atom is -0.381 e. The monoisotopic (exact) mass is 237 g/mol. The summed E-state index contributed by atoms with van der Waals surface area (Å²) in [6.45, 7) is 1.95. The molecule has 3 aromatic rings. The number of hydrogen-bond acceptors (Lipinski definition) is 6. The SMILES string of the molecule is Cc1nnsc1-c1csc2c(N)ncn12. The number of aryl methyl sites for hydroxylation is 1. The van der Waals surface area contributed by atoms with E-state index < -0.39 is 0 Å². The Morgan fingerprint density at radius 1 is 1.47 bits per heavy atom. The van der Waals surface area contributed by atoms with Gasteiger partial charge in [0.05, 0.1) is 16.3 Å². The summed E-state index contributed by atoms with van der Waals surface area (Å²) in [5.41, 5.74) is 7.73. The van der Waals surface area contributed by atoms with Gasteiger partial charge in [0.15, 0.2) is 5.82 Å². The molecule has 15 heavy (non-hydrogen) atoms. The number of nitrogen functional groups attached to an aromatic ring is 1. The van der Waals surface area contributed by atoms with Crippen LogP contribution in [0.1, 0.15) is 5.69 Å². The summed E-state index contributed by atoms with van der Waals surface area (Å²) < 4.78 is 5.90. The molecule has 0 saturated carbocycles. The van der Waals surface area contributed by atoms with Crippen LogP contribution in [0.2, 0.25) is 0 Å². The van der Waals surface area contributed by atoms with E-state index in [0.717, 1.165) is 21.1 Å². The van der Waals surface area contributed by atoms with Crippen molar-refractivity contribution in [2.24, 2.45) is 0 Å². The van der Waals surface area contributed by atoms with Gasteiger partial charge in [0.2, 0.25) is 0 Å². The molecule has 76 valence electrons. The Labute approximate surface area is 93.4 Å². The molecule has 7 heteroatoms. The van der Waals surface area contributed by atoms with E-state index in [4.69, 9.17) is 5.73 Å². The van der Waals surface area contributed by atoms with Crippen molar-refractivity contribution in [1.82, 2.24) is 19.0 Å². The molecule has 3 aromatic heterocycles. The van der Waals surface area contributed by atoms with Gasteiger partial charge >= 0.3 is 0 Å². The number of nitrogens with zero attached hydrogens (tertiary/aromatic N) is 4. The molecule has 0 spiro atoms. The summed E-state index contributed by atoms with van der Waals surface area (Å²) in [4.78, 5) is 6.11. The number of hydrogen-bond donors (Lipinski definition) is 1. The number of imidazole rings is 1. The van der Waals surface area contributed by atoms with Gasteiger partial charge < -0.3 is 5.73 Å². The summed E-state index contributed by atoms with van der Waals surface area (Å²) in [5, 5.41) is 6.05. The van der Waals surface area contributed by atoms with Gasteiger partial charge in [-0.05, 0) is 18.5 Å². The summed E-state index contributed by atoms with van der Waals surface area (Å²) in [6.07, 6.45) is 1.73. The van der Waals surface area contributed by atoms with Crippen LogP contribution in [0.25, 0.3) is 15.4 Å². The summed E-state index contributed by atoms with van der Waals surface area (Å²) >= 11 is 2.97. The third-order valence-electron chi connectivity index (χ3n) is 2.18. The number of aromatic nitrogens is 4. The molecule has 0 aromatic carbocycles. The first-order chi connectivity index (χ1) is 7.27. The van der Waals surface area contributed by atoms with E-state index in [1.54, 1.807) is 17.7 Å². The first-order valence-electron chi connectivity index (χ1n) is 4.26. The van der Waals surface area contributed by atoms with Crippen LogP contribution in [0, 0.1) is 6.92 Å². The molecular formula is C8H7N5S2. The average molecular weight is 237 g/mol. The highest BCUT2D eigenvalue weighted by Crippen LogP contribution is 2.31. The molecule has 0 amide bonds. The lowest BCUT2D eigenvalue weighted by Crippen LogP contribution is -1.84. The largest absolute Gasteiger partial charge is 0.381 e. The molecule has 0 radical (unpaired) electrons. The smallest absolute Gasteiger partial charge is 0.160 e. The van der Waals surface area contributed by atoms with Crippen LogP contribution in [-0.4, -0.2) is 19.0 Å². The van der Waals surface area contributed by atoms with Gasteiger partial charge in [-0.1, -0.05) is 4.49 Å². The van der Waals surface area contributed by atoms with Crippen LogP contribution in [0.5, 0.6) is 0 Å². The van der Waals surface area contributed by atoms with E-state index >= 15 is 0 Å². The average Bonchev–Trinajstić information content (AvgIpc) is 2.85. The zero-order valence-electron chi connectivity index (χ0n) is 7.84. The van der Waals surface area contributed by atoms with E-state index in [2.05, 4.69) is 20.0 Å². The molecule has 0 atom stereocenters. The lowest BCUT2D eigenvalue weighted by atomic mass is 10.3. The number of nitrogens with two attached hydrogens (primary N) is 1. The van der Waals surface area contributed by atoms with E-state index in [-0.39, 0.29) is 0 Å². The molecule has 0 fully saturated rings. The van der Waals surface area contributed by atoms with Crippen LogP contribution in [0.4, 0.5) is 5.82 Å². The van der Waals surface area contributed by atoms with Crippen molar-refractivity contribution >= 4 is 33.5 Å². The predicted octanol–water partition coefficient (Wildman–Crippen LogP) is 1.80. The molecule has 0 saturated heterocycles. The second-order valence-corrected chi connectivity index (χ2v) is 4.73. The van der Waals surface area contributed by atoms with Crippen molar-refractivity contribution in [2.75, 3.05) is 5.73 Å². The van der Waals surface area contributed by atoms with Crippen LogP contribution in [-0.2, 0) is 0 Å². The van der Waals surface area contributed by atoms with Crippen LogP contribution in [0.15, 0.2) is 11.7 Å². The lowest BCUT2D eigenvalue weighted by molar-refractivity contribution is 1.08. The Hall–Kier alpha value is -1.47. The second-order valence-electron chi connectivity index (χ2n) is 3.11. The molecule has 0 unspecified atom stereocenters. The third kappa shape index (κ3) is 1.17. The van der Waals surface area contributed by atoms with E-state index in [1.807, 2.05) is 11.3 Å². The van der Waals surface area contributed by atoms with Gasteiger partial charge in [0, 0.05) is 5.38 Å². The van der Waals surface area contributed by atoms with E-state index in [9.17, 15) is 0 Å². The number of fused-ring (bicyclic) bond motifs is 1. The van der Waals surface area contributed by atoms with Crippen molar-refractivity contribution < 1.29 is 0 Å². The second kappa shape index (κ2) is 3.01.